The summed E-state index contributed by atoms with van der Waals surface area (Å²) in [6.45, 7) is 4.34. The van der Waals surface area contributed by atoms with Crippen LogP contribution in [0.5, 0.6) is 0 Å². The number of unbranched alkanes of at least 4 members (excludes halogenated alkanes) is 1. The van der Waals surface area contributed by atoms with Gasteiger partial charge in [-0.05, 0) is 32.1 Å². The second-order valence-electron chi connectivity index (χ2n) is 6.28. The lowest BCUT2D eigenvalue weighted by Crippen LogP contribution is -2.44. The first-order chi connectivity index (χ1) is 10.8. The lowest BCUT2D eigenvalue weighted by Gasteiger charge is -2.32. The minimum atomic E-state index is -0.235. The molecular formula is C16H25N3O3. The molecule has 0 unspecified atom stereocenters. The highest BCUT2D eigenvalue weighted by molar-refractivity contribution is 5.81. The molecule has 22 heavy (non-hydrogen) atoms. The molecule has 0 N–H and O–H groups in total. The first-order valence-electron chi connectivity index (χ1n) is 8.50. The van der Waals surface area contributed by atoms with E-state index in [2.05, 4.69) is 17.1 Å². The molecule has 1 amide bonds. The number of amides is 1. The van der Waals surface area contributed by atoms with Gasteiger partial charge in [-0.1, -0.05) is 18.5 Å². The molecule has 6 heteroatoms. The molecule has 0 bridgehead atoms. The van der Waals surface area contributed by atoms with Crippen LogP contribution < -0.4 is 0 Å². The largest absolute Gasteiger partial charge is 0.368 e. The number of ether oxygens (including phenoxy) is 1. The SMILES string of the molecule is CCCCc1noc([C@H]2CCCN(C(=O)[C@@H]3CCCO3)C2)n1. The number of carbonyl (C=O) groups excluding carboxylic acids is 1. The van der Waals surface area contributed by atoms with Crippen LogP contribution in [0.3, 0.4) is 0 Å². The molecule has 2 fully saturated rings. The smallest absolute Gasteiger partial charge is 0.251 e. The minimum Gasteiger partial charge on any atom is -0.368 e. The Morgan fingerprint density at radius 3 is 3.05 bits per heavy atom. The Hall–Kier alpha value is -1.43. The summed E-state index contributed by atoms with van der Waals surface area (Å²) in [5.74, 6) is 1.78. The predicted molar refractivity (Wildman–Crippen MR) is 80.4 cm³/mol. The Labute approximate surface area is 131 Å². The molecule has 1 aromatic rings. The summed E-state index contributed by atoms with van der Waals surface area (Å²) in [6, 6.07) is 0. The highest BCUT2D eigenvalue weighted by Crippen LogP contribution is 2.27. The van der Waals surface area contributed by atoms with Crippen molar-refractivity contribution in [1.82, 2.24) is 15.0 Å². The highest BCUT2D eigenvalue weighted by atomic mass is 16.5. The van der Waals surface area contributed by atoms with Gasteiger partial charge in [-0.3, -0.25) is 4.79 Å². The number of aromatic nitrogens is 2. The van der Waals surface area contributed by atoms with Gasteiger partial charge in [0.1, 0.15) is 6.10 Å². The van der Waals surface area contributed by atoms with Gasteiger partial charge in [0.2, 0.25) is 5.89 Å². The average molecular weight is 307 g/mol. The van der Waals surface area contributed by atoms with Gasteiger partial charge in [0.25, 0.3) is 5.91 Å². The highest BCUT2D eigenvalue weighted by Gasteiger charge is 2.33. The van der Waals surface area contributed by atoms with E-state index >= 15 is 0 Å². The van der Waals surface area contributed by atoms with E-state index in [4.69, 9.17) is 9.26 Å². The Bertz CT molecular complexity index is 497. The second-order valence-corrected chi connectivity index (χ2v) is 6.28. The van der Waals surface area contributed by atoms with Crippen LogP contribution in [0, 0.1) is 0 Å². The molecule has 0 saturated carbocycles. The van der Waals surface area contributed by atoms with Crippen molar-refractivity contribution in [2.24, 2.45) is 0 Å². The van der Waals surface area contributed by atoms with Gasteiger partial charge in [0.05, 0.1) is 5.92 Å². The zero-order valence-corrected chi connectivity index (χ0v) is 13.3. The maximum Gasteiger partial charge on any atom is 0.251 e. The monoisotopic (exact) mass is 307 g/mol. The van der Waals surface area contributed by atoms with Gasteiger partial charge in [-0.25, -0.2) is 0 Å². The summed E-state index contributed by atoms with van der Waals surface area (Å²) >= 11 is 0. The first kappa shape index (κ1) is 15.5. The zero-order chi connectivity index (χ0) is 15.4. The fourth-order valence-corrected chi connectivity index (χ4v) is 3.22. The quantitative estimate of drug-likeness (QED) is 0.835. The first-order valence-corrected chi connectivity index (χ1v) is 8.50. The lowest BCUT2D eigenvalue weighted by atomic mass is 9.97. The normalized spacial score (nSPS) is 25.6. The number of hydrogen-bond donors (Lipinski definition) is 0. The predicted octanol–water partition coefficient (Wildman–Crippen LogP) is 2.30. The topological polar surface area (TPSA) is 68.5 Å². The van der Waals surface area contributed by atoms with Gasteiger partial charge in [-0.2, -0.15) is 4.98 Å². The summed E-state index contributed by atoms with van der Waals surface area (Å²) in [7, 11) is 0. The number of rotatable bonds is 5. The summed E-state index contributed by atoms with van der Waals surface area (Å²) < 4.78 is 10.9. The fourth-order valence-electron chi connectivity index (χ4n) is 3.22. The van der Waals surface area contributed by atoms with Crippen LogP contribution in [0.2, 0.25) is 0 Å². The zero-order valence-electron chi connectivity index (χ0n) is 13.3. The van der Waals surface area contributed by atoms with Crippen molar-refractivity contribution in [2.75, 3.05) is 19.7 Å². The van der Waals surface area contributed by atoms with Gasteiger partial charge in [0, 0.05) is 26.1 Å². The number of aryl methyl sites for hydroxylation is 1. The van der Waals surface area contributed by atoms with Crippen molar-refractivity contribution in [3.05, 3.63) is 11.7 Å². The molecule has 122 valence electrons. The molecule has 0 aromatic carbocycles. The van der Waals surface area contributed by atoms with Crippen LogP contribution in [-0.4, -0.2) is 46.7 Å². The van der Waals surface area contributed by atoms with Crippen LogP contribution >= 0.6 is 0 Å². The Morgan fingerprint density at radius 2 is 2.27 bits per heavy atom. The lowest BCUT2D eigenvalue weighted by molar-refractivity contribution is -0.142. The van der Waals surface area contributed by atoms with Crippen molar-refractivity contribution in [1.29, 1.82) is 0 Å². The standard InChI is InChI=1S/C16H25N3O3/c1-2-3-8-14-17-15(22-18-14)12-6-4-9-19(11-12)16(20)13-7-5-10-21-13/h12-13H,2-11H2,1H3/t12-,13-/m0/s1. The van der Waals surface area contributed by atoms with E-state index in [0.717, 1.165) is 57.3 Å². The molecule has 2 atom stereocenters. The molecule has 2 aliphatic rings. The van der Waals surface area contributed by atoms with E-state index in [-0.39, 0.29) is 17.9 Å². The van der Waals surface area contributed by atoms with E-state index in [0.29, 0.717) is 19.0 Å². The Kier molecular flexibility index (Phi) is 5.08. The summed E-state index contributed by atoms with van der Waals surface area (Å²) in [4.78, 5) is 18.9. The summed E-state index contributed by atoms with van der Waals surface area (Å²) in [6.07, 6.45) is 6.65. The second kappa shape index (κ2) is 7.22. The van der Waals surface area contributed by atoms with Crippen LogP contribution in [-0.2, 0) is 16.0 Å². The number of nitrogens with zero attached hydrogens (tertiary/aromatic N) is 3. The number of carbonyl (C=O) groups is 1. The van der Waals surface area contributed by atoms with Gasteiger partial charge in [-0.15, -0.1) is 0 Å². The molecule has 0 spiro atoms. The molecule has 2 aliphatic heterocycles. The molecule has 3 heterocycles. The Balaban J connectivity index is 1.60. The average Bonchev–Trinajstić information content (AvgIpc) is 3.24. The van der Waals surface area contributed by atoms with E-state index in [9.17, 15) is 4.79 Å². The van der Waals surface area contributed by atoms with E-state index in [1.165, 1.54) is 0 Å². The maximum atomic E-state index is 12.5. The third-order valence-corrected chi connectivity index (χ3v) is 4.53. The van der Waals surface area contributed by atoms with Crippen molar-refractivity contribution in [2.45, 2.75) is 63.9 Å². The van der Waals surface area contributed by atoms with Gasteiger partial charge in [0.15, 0.2) is 5.82 Å². The third-order valence-electron chi connectivity index (χ3n) is 4.53. The molecule has 3 rings (SSSR count). The van der Waals surface area contributed by atoms with Crippen molar-refractivity contribution >= 4 is 5.91 Å². The van der Waals surface area contributed by atoms with E-state index in [1.54, 1.807) is 0 Å². The van der Waals surface area contributed by atoms with Crippen LogP contribution in [0.15, 0.2) is 4.52 Å². The van der Waals surface area contributed by atoms with Crippen LogP contribution in [0.1, 0.15) is 63.1 Å². The minimum absolute atomic E-state index is 0.132. The van der Waals surface area contributed by atoms with Crippen molar-refractivity contribution in [3.8, 4) is 0 Å². The number of hydrogen-bond acceptors (Lipinski definition) is 5. The van der Waals surface area contributed by atoms with Gasteiger partial charge >= 0.3 is 0 Å². The molecule has 0 aliphatic carbocycles. The fraction of sp³-hybridized carbons (Fsp3) is 0.812. The third kappa shape index (κ3) is 3.48. The van der Waals surface area contributed by atoms with Gasteiger partial charge < -0.3 is 14.2 Å². The molecule has 6 nitrogen and oxygen atoms in total. The number of piperidine rings is 1. The molecule has 2 saturated heterocycles. The van der Waals surface area contributed by atoms with E-state index < -0.39 is 0 Å². The van der Waals surface area contributed by atoms with E-state index in [1.807, 2.05) is 4.90 Å². The van der Waals surface area contributed by atoms with Crippen LogP contribution in [0.25, 0.3) is 0 Å². The van der Waals surface area contributed by atoms with Crippen molar-refractivity contribution in [3.63, 3.8) is 0 Å². The summed E-state index contributed by atoms with van der Waals surface area (Å²) in [5, 5.41) is 4.06. The molecular weight excluding hydrogens is 282 g/mol. The number of likely N-dealkylation sites (tertiary alicyclic amines) is 1. The summed E-state index contributed by atoms with van der Waals surface area (Å²) in [5.41, 5.74) is 0. The molecule has 1 aromatic heterocycles. The molecule has 0 radical (unpaired) electrons. The van der Waals surface area contributed by atoms with Crippen LogP contribution in [0.4, 0.5) is 0 Å². The van der Waals surface area contributed by atoms with Crippen molar-refractivity contribution < 1.29 is 14.1 Å². The maximum absolute atomic E-state index is 12.5. The Morgan fingerprint density at radius 1 is 1.36 bits per heavy atom.